The molecule has 0 radical (unpaired) electrons. The number of aromatic carboxylic acids is 1. The van der Waals surface area contributed by atoms with E-state index in [0.29, 0.717) is 34.2 Å². The van der Waals surface area contributed by atoms with Gasteiger partial charge in [0.1, 0.15) is 11.6 Å². The van der Waals surface area contributed by atoms with Crippen LogP contribution < -0.4 is 16.0 Å². The van der Waals surface area contributed by atoms with Crippen molar-refractivity contribution in [2.24, 2.45) is 0 Å². The smallest absolute Gasteiger partial charge is 0.335 e. The van der Waals surface area contributed by atoms with Gasteiger partial charge in [-0.1, -0.05) is 41.4 Å². The van der Waals surface area contributed by atoms with E-state index in [9.17, 15) is 9.59 Å². The second-order valence-electron chi connectivity index (χ2n) is 7.75. The Morgan fingerprint density at radius 3 is 2.36 bits per heavy atom. The van der Waals surface area contributed by atoms with Gasteiger partial charge in [-0.2, -0.15) is 9.97 Å². The first-order chi connectivity index (χ1) is 17.4. The summed E-state index contributed by atoms with van der Waals surface area (Å²) in [5.74, 6) is 0.189. The molecule has 11 heteroatoms. The summed E-state index contributed by atoms with van der Waals surface area (Å²) >= 11 is 12.1. The highest BCUT2D eigenvalue weighted by Gasteiger charge is 2.10. The molecule has 184 valence electrons. The summed E-state index contributed by atoms with van der Waals surface area (Å²) in [7, 11) is 0. The Labute approximate surface area is 217 Å². The summed E-state index contributed by atoms with van der Waals surface area (Å²) in [5.41, 5.74) is 1.84. The van der Waals surface area contributed by atoms with E-state index < -0.39 is 5.97 Å². The zero-order chi connectivity index (χ0) is 25.5. The lowest BCUT2D eigenvalue weighted by molar-refractivity contribution is -0.119. The van der Waals surface area contributed by atoms with Crippen molar-refractivity contribution in [1.29, 1.82) is 0 Å². The minimum Gasteiger partial charge on any atom is -0.478 e. The summed E-state index contributed by atoms with van der Waals surface area (Å²) in [6, 6.07) is 17.1. The Morgan fingerprint density at radius 2 is 1.67 bits per heavy atom. The maximum Gasteiger partial charge on any atom is 0.335 e. The molecule has 0 atom stereocenters. The predicted octanol–water partition coefficient (Wildman–Crippen LogP) is 4.61. The molecular formula is C25H22Cl2N6O3. The van der Waals surface area contributed by atoms with E-state index in [4.69, 9.17) is 28.3 Å². The number of hydrogen-bond acceptors (Lipinski definition) is 6. The third-order valence-electron chi connectivity index (χ3n) is 5.15. The van der Waals surface area contributed by atoms with E-state index >= 15 is 0 Å². The van der Waals surface area contributed by atoms with Crippen LogP contribution in [0.1, 0.15) is 21.5 Å². The molecule has 4 N–H and O–H groups in total. The van der Waals surface area contributed by atoms with Crippen LogP contribution in [0.5, 0.6) is 0 Å². The number of carbonyl (C=O) groups excluding carboxylic acids is 1. The number of amides is 1. The number of benzene rings is 2. The van der Waals surface area contributed by atoms with Gasteiger partial charge in [0.05, 0.1) is 12.1 Å². The molecule has 0 aliphatic rings. The highest BCUT2D eigenvalue weighted by atomic mass is 35.5. The van der Waals surface area contributed by atoms with Gasteiger partial charge in [0.15, 0.2) is 0 Å². The largest absolute Gasteiger partial charge is 0.478 e. The first-order valence-corrected chi connectivity index (χ1v) is 11.7. The number of carbonyl (C=O) groups is 2. The minimum atomic E-state index is -0.978. The van der Waals surface area contributed by atoms with E-state index in [2.05, 4.69) is 25.9 Å². The van der Waals surface area contributed by atoms with Gasteiger partial charge in [0.2, 0.25) is 11.9 Å². The van der Waals surface area contributed by atoms with Gasteiger partial charge in [0, 0.05) is 41.6 Å². The van der Waals surface area contributed by atoms with Gasteiger partial charge in [0.25, 0.3) is 0 Å². The molecule has 0 aliphatic carbocycles. The SMILES string of the molecule is O=C(CNc1cc(-n2cccc2)nc(NCc2ccc(C(=O)O)cc2)n1)NCc1ccc(Cl)cc1Cl. The molecule has 2 heterocycles. The molecule has 0 bridgehead atoms. The fraction of sp³-hybridized carbons (Fsp3) is 0.120. The molecule has 9 nitrogen and oxygen atoms in total. The van der Waals surface area contributed by atoms with Crippen LogP contribution in [0, 0.1) is 0 Å². The van der Waals surface area contributed by atoms with Crippen LogP contribution >= 0.6 is 23.2 Å². The lowest BCUT2D eigenvalue weighted by atomic mass is 10.1. The van der Waals surface area contributed by atoms with E-state index in [1.807, 2.05) is 29.1 Å². The van der Waals surface area contributed by atoms with Crippen molar-refractivity contribution in [2.75, 3.05) is 17.2 Å². The van der Waals surface area contributed by atoms with Crippen LogP contribution in [-0.2, 0) is 17.9 Å². The molecule has 0 saturated heterocycles. The Morgan fingerprint density at radius 1 is 0.917 bits per heavy atom. The van der Waals surface area contributed by atoms with Crippen LogP contribution in [0.15, 0.2) is 73.1 Å². The first-order valence-electron chi connectivity index (χ1n) is 10.9. The van der Waals surface area contributed by atoms with Crippen LogP contribution in [0.3, 0.4) is 0 Å². The standard InChI is InChI=1S/C25H22Cl2N6O3/c26-19-8-7-18(20(27)11-19)14-29-23(34)15-28-21-12-22(33-9-1-2-10-33)32-25(31-21)30-13-16-3-5-17(6-4-16)24(35)36/h1-12H,13-15H2,(H,29,34)(H,35,36)(H2,28,30,31,32). The quantitative estimate of drug-likeness (QED) is 0.239. The van der Waals surface area contributed by atoms with Crippen molar-refractivity contribution in [1.82, 2.24) is 19.9 Å². The summed E-state index contributed by atoms with van der Waals surface area (Å²) in [6.45, 7) is 0.641. The van der Waals surface area contributed by atoms with Crippen molar-refractivity contribution in [3.8, 4) is 5.82 Å². The summed E-state index contributed by atoms with van der Waals surface area (Å²) in [4.78, 5) is 32.4. The molecule has 2 aromatic heterocycles. The number of rotatable bonds is 10. The van der Waals surface area contributed by atoms with E-state index in [-0.39, 0.29) is 24.6 Å². The van der Waals surface area contributed by atoms with Crippen LogP contribution in [0.4, 0.5) is 11.8 Å². The average molecular weight is 525 g/mol. The van der Waals surface area contributed by atoms with Crippen molar-refractivity contribution in [3.63, 3.8) is 0 Å². The molecular weight excluding hydrogens is 503 g/mol. The molecule has 0 fully saturated rings. The van der Waals surface area contributed by atoms with Gasteiger partial charge in [-0.25, -0.2) is 4.79 Å². The van der Waals surface area contributed by atoms with E-state index in [1.165, 1.54) is 0 Å². The van der Waals surface area contributed by atoms with Crippen LogP contribution in [0.25, 0.3) is 5.82 Å². The molecule has 0 saturated carbocycles. The predicted molar refractivity (Wildman–Crippen MR) is 139 cm³/mol. The number of aromatic nitrogens is 3. The Bertz CT molecular complexity index is 1360. The number of nitrogens with one attached hydrogen (secondary N) is 3. The van der Waals surface area contributed by atoms with E-state index in [0.717, 1.165) is 11.1 Å². The lowest BCUT2D eigenvalue weighted by Gasteiger charge is -2.12. The number of carboxylic acid groups (broad SMARTS) is 1. The van der Waals surface area contributed by atoms with Crippen molar-refractivity contribution >= 4 is 46.8 Å². The fourth-order valence-corrected chi connectivity index (χ4v) is 3.74. The fourth-order valence-electron chi connectivity index (χ4n) is 3.26. The number of anilines is 2. The molecule has 0 unspecified atom stereocenters. The van der Waals surface area contributed by atoms with Gasteiger partial charge in [-0.3, -0.25) is 4.79 Å². The van der Waals surface area contributed by atoms with Crippen molar-refractivity contribution in [2.45, 2.75) is 13.1 Å². The number of hydrogen-bond donors (Lipinski definition) is 4. The van der Waals surface area contributed by atoms with Crippen LogP contribution in [0.2, 0.25) is 10.0 Å². The molecule has 1 amide bonds. The van der Waals surface area contributed by atoms with Gasteiger partial charge >= 0.3 is 5.97 Å². The summed E-state index contributed by atoms with van der Waals surface area (Å²) in [5, 5.41) is 19.1. The second-order valence-corrected chi connectivity index (χ2v) is 8.59. The van der Waals surface area contributed by atoms with Crippen LogP contribution in [-0.4, -0.2) is 38.1 Å². The molecule has 0 spiro atoms. The maximum absolute atomic E-state index is 12.4. The Kier molecular flexibility index (Phi) is 8.04. The second kappa shape index (κ2) is 11.6. The first kappa shape index (κ1) is 25.0. The number of nitrogens with zero attached hydrogens (tertiary/aromatic N) is 3. The van der Waals surface area contributed by atoms with Gasteiger partial charge < -0.3 is 25.6 Å². The Balaban J connectivity index is 1.41. The third-order valence-corrected chi connectivity index (χ3v) is 5.74. The minimum absolute atomic E-state index is 0.0105. The number of halogens is 2. The lowest BCUT2D eigenvalue weighted by Crippen LogP contribution is -2.29. The van der Waals surface area contributed by atoms with Crippen molar-refractivity contribution in [3.05, 3.63) is 99.8 Å². The summed E-state index contributed by atoms with van der Waals surface area (Å²) < 4.78 is 1.82. The van der Waals surface area contributed by atoms with Gasteiger partial charge in [-0.05, 0) is 47.5 Å². The van der Waals surface area contributed by atoms with Gasteiger partial charge in [-0.15, -0.1) is 0 Å². The van der Waals surface area contributed by atoms with Crippen molar-refractivity contribution < 1.29 is 14.7 Å². The summed E-state index contributed by atoms with van der Waals surface area (Å²) in [6.07, 6.45) is 3.70. The molecule has 0 aliphatic heterocycles. The maximum atomic E-state index is 12.4. The Hall–Kier alpha value is -4.08. The molecule has 2 aromatic carbocycles. The topological polar surface area (TPSA) is 121 Å². The average Bonchev–Trinajstić information content (AvgIpc) is 3.41. The van der Waals surface area contributed by atoms with E-state index in [1.54, 1.807) is 48.5 Å². The zero-order valence-corrected chi connectivity index (χ0v) is 20.4. The normalized spacial score (nSPS) is 10.6. The third kappa shape index (κ3) is 6.74. The molecule has 4 rings (SSSR count). The number of carboxylic acids is 1. The highest BCUT2D eigenvalue weighted by molar-refractivity contribution is 6.35. The molecule has 36 heavy (non-hydrogen) atoms. The highest BCUT2D eigenvalue weighted by Crippen LogP contribution is 2.21. The monoisotopic (exact) mass is 524 g/mol. The molecule has 4 aromatic rings. The zero-order valence-electron chi connectivity index (χ0n) is 18.9.